The van der Waals surface area contributed by atoms with Crippen LogP contribution in [0, 0.1) is 13.8 Å². The number of aryl methyl sites for hydroxylation is 2. The number of alkyl halides is 1. The maximum atomic E-state index is 11.8. The predicted molar refractivity (Wildman–Crippen MR) is 66.8 cm³/mol. The summed E-state index contributed by atoms with van der Waals surface area (Å²) in [5.41, 5.74) is 2.74. The number of methoxy groups -OCH3 is 1. The smallest absolute Gasteiger partial charge is 0.162 e. The van der Waals surface area contributed by atoms with Gasteiger partial charge in [0.05, 0.1) is 7.11 Å². The summed E-state index contributed by atoms with van der Waals surface area (Å²) in [4.78, 5) is 11.8. The molecule has 0 aliphatic carbocycles. The zero-order chi connectivity index (χ0) is 12.1. The van der Waals surface area contributed by atoms with Crippen molar-refractivity contribution in [3.05, 3.63) is 28.8 Å². The summed E-state index contributed by atoms with van der Waals surface area (Å²) in [6.07, 6.45) is 1.24. The van der Waals surface area contributed by atoms with E-state index in [1.807, 2.05) is 26.0 Å². The number of halogens is 1. The fourth-order valence-electron chi connectivity index (χ4n) is 1.80. The van der Waals surface area contributed by atoms with Crippen molar-refractivity contribution in [2.75, 3.05) is 13.0 Å². The average Bonchev–Trinajstić information content (AvgIpc) is 2.25. The summed E-state index contributed by atoms with van der Waals surface area (Å²) in [7, 11) is 1.64. The maximum absolute atomic E-state index is 11.8. The third-order valence-electron chi connectivity index (χ3n) is 2.52. The van der Waals surface area contributed by atoms with E-state index in [1.165, 1.54) is 0 Å². The summed E-state index contributed by atoms with van der Waals surface area (Å²) in [6.45, 7) is 3.90. The van der Waals surface area contributed by atoms with E-state index in [0.29, 0.717) is 12.3 Å². The number of benzene rings is 1. The SMILES string of the molecule is COc1c(C)cc(C(=O)CCCCl)cc1C. The van der Waals surface area contributed by atoms with Gasteiger partial charge in [0.1, 0.15) is 5.75 Å². The first-order valence-corrected chi connectivity index (χ1v) is 5.88. The van der Waals surface area contributed by atoms with E-state index in [1.54, 1.807) is 7.11 Å². The van der Waals surface area contributed by atoms with Crippen molar-refractivity contribution in [2.45, 2.75) is 26.7 Å². The normalized spacial score (nSPS) is 10.2. The molecule has 0 spiro atoms. The van der Waals surface area contributed by atoms with Gasteiger partial charge in [-0.2, -0.15) is 0 Å². The number of hydrogen-bond acceptors (Lipinski definition) is 2. The Morgan fingerprint density at radius 2 is 1.88 bits per heavy atom. The highest BCUT2D eigenvalue weighted by Gasteiger charge is 2.10. The summed E-state index contributed by atoms with van der Waals surface area (Å²) in [5, 5.41) is 0. The van der Waals surface area contributed by atoms with E-state index in [9.17, 15) is 4.79 Å². The Bertz CT molecular complexity index is 363. The third kappa shape index (κ3) is 2.99. The van der Waals surface area contributed by atoms with Crippen LogP contribution in [0.3, 0.4) is 0 Å². The molecule has 1 rings (SSSR count). The van der Waals surface area contributed by atoms with Crippen molar-refractivity contribution >= 4 is 17.4 Å². The van der Waals surface area contributed by atoms with Gasteiger partial charge in [0.2, 0.25) is 0 Å². The van der Waals surface area contributed by atoms with Gasteiger partial charge in [0.15, 0.2) is 5.78 Å². The number of ketones is 1. The molecule has 0 unspecified atom stereocenters. The lowest BCUT2D eigenvalue weighted by atomic mass is 10.0. The monoisotopic (exact) mass is 240 g/mol. The van der Waals surface area contributed by atoms with Crippen molar-refractivity contribution < 1.29 is 9.53 Å². The lowest BCUT2D eigenvalue weighted by molar-refractivity contribution is 0.0981. The van der Waals surface area contributed by atoms with Crippen LogP contribution in [0.25, 0.3) is 0 Å². The lowest BCUT2D eigenvalue weighted by Gasteiger charge is -2.10. The van der Waals surface area contributed by atoms with Crippen molar-refractivity contribution in [3.8, 4) is 5.75 Å². The molecular weight excluding hydrogens is 224 g/mol. The first-order valence-electron chi connectivity index (χ1n) is 5.34. The predicted octanol–water partition coefficient (Wildman–Crippen LogP) is 3.51. The van der Waals surface area contributed by atoms with Crippen LogP contribution >= 0.6 is 11.6 Å². The molecule has 16 heavy (non-hydrogen) atoms. The maximum Gasteiger partial charge on any atom is 0.162 e. The van der Waals surface area contributed by atoms with Crippen LogP contribution in [0.5, 0.6) is 5.75 Å². The molecule has 0 atom stereocenters. The molecule has 88 valence electrons. The average molecular weight is 241 g/mol. The van der Waals surface area contributed by atoms with Crippen LogP contribution in [0.1, 0.15) is 34.3 Å². The molecule has 0 heterocycles. The molecule has 0 aliphatic heterocycles. The Morgan fingerprint density at radius 3 is 2.31 bits per heavy atom. The second kappa shape index (κ2) is 5.90. The van der Waals surface area contributed by atoms with Gasteiger partial charge >= 0.3 is 0 Å². The number of rotatable bonds is 5. The third-order valence-corrected chi connectivity index (χ3v) is 2.79. The number of carbonyl (C=O) groups is 1. The van der Waals surface area contributed by atoms with Gasteiger partial charge in [0, 0.05) is 17.9 Å². The first kappa shape index (κ1) is 13.0. The van der Waals surface area contributed by atoms with Crippen LogP contribution in [0.4, 0.5) is 0 Å². The van der Waals surface area contributed by atoms with Crippen LogP contribution < -0.4 is 4.74 Å². The lowest BCUT2D eigenvalue weighted by Crippen LogP contribution is -2.02. The first-order chi connectivity index (χ1) is 7.60. The molecule has 0 bridgehead atoms. The van der Waals surface area contributed by atoms with E-state index >= 15 is 0 Å². The van der Waals surface area contributed by atoms with Gasteiger partial charge in [-0.25, -0.2) is 0 Å². The fraction of sp³-hybridized carbons (Fsp3) is 0.462. The second-order valence-electron chi connectivity index (χ2n) is 3.86. The van der Waals surface area contributed by atoms with Crippen LogP contribution in [-0.4, -0.2) is 18.8 Å². The molecular formula is C13H17ClO2. The molecule has 0 radical (unpaired) electrons. The van der Waals surface area contributed by atoms with Crippen LogP contribution in [-0.2, 0) is 0 Å². The van der Waals surface area contributed by atoms with Crippen LogP contribution in [0.15, 0.2) is 12.1 Å². The van der Waals surface area contributed by atoms with Crippen molar-refractivity contribution in [1.82, 2.24) is 0 Å². The Kier molecular flexibility index (Phi) is 4.81. The highest BCUT2D eigenvalue weighted by molar-refractivity contribution is 6.18. The van der Waals surface area contributed by atoms with Crippen molar-refractivity contribution in [2.24, 2.45) is 0 Å². The van der Waals surface area contributed by atoms with E-state index < -0.39 is 0 Å². The molecule has 3 heteroatoms. The van der Waals surface area contributed by atoms with E-state index in [0.717, 1.165) is 28.9 Å². The van der Waals surface area contributed by atoms with Gasteiger partial charge < -0.3 is 4.74 Å². The number of Topliss-reactive ketones (excluding diaryl/α,β-unsaturated/α-hetero) is 1. The fourth-order valence-corrected chi connectivity index (χ4v) is 1.94. The minimum Gasteiger partial charge on any atom is -0.496 e. The van der Waals surface area contributed by atoms with E-state index in [4.69, 9.17) is 16.3 Å². The molecule has 0 N–H and O–H groups in total. The topological polar surface area (TPSA) is 26.3 Å². The number of hydrogen-bond donors (Lipinski definition) is 0. The highest BCUT2D eigenvalue weighted by atomic mass is 35.5. The number of ether oxygens (including phenoxy) is 1. The Labute approximate surface area is 102 Å². The molecule has 0 aromatic heterocycles. The Hall–Kier alpha value is -1.02. The van der Waals surface area contributed by atoms with Crippen molar-refractivity contribution in [3.63, 3.8) is 0 Å². The van der Waals surface area contributed by atoms with E-state index in [2.05, 4.69) is 0 Å². The minimum atomic E-state index is 0.148. The molecule has 2 nitrogen and oxygen atoms in total. The van der Waals surface area contributed by atoms with E-state index in [-0.39, 0.29) is 5.78 Å². The quantitative estimate of drug-likeness (QED) is 0.582. The Morgan fingerprint density at radius 1 is 1.31 bits per heavy atom. The van der Waals surface area contributed by atoms with Gasteiger partial charge in [-0.15, -0.1) is 11.6 Å². The second-order valence-corrected chi connectivity index (χ2v) is 4.24. The highest BCUT2D eigenvalue weighted by Crippen LogP contribution is 2.25. The van der Waals surface area contributed by atoms with Gasteiger partial charge in [-0.3, -0.25) is 4.79 Å². The van der Waals surface area contributed by atoms with Gasteiger partial charge in [-0.1, -0.05) is 0 Å². The molecule has 0 saturated carbocycles. The number of carbonyl (C=O) groups excluding carboxylic acids is 1. The zero-order valence-electron chi connectivity index (χ0n) is 9.97. The zero-order valence-corrected chi connectivity index (χ0v) is 10.7. The molecule has 0 amide bonds. The molecule has 1 aromatic carbocycles. The molecule has 0 fully saturated rings. The molecule has 1 aromatic rings. The summed E-state index contributed by atoms with van der Waals surface area (Å²) < 4.78 is 5.26. The largest absolute Gasteiger partial charge is 0.496 e. The minimum absolute atomic E-state index is 0.148. The summed E-state index contributed by atoms with van der Waals surface area (Å²) >= 11 is 5.57. The Balaban J connectivity index is 2.95. The van der Waals surface area contributed by atoms with Gasteiger partial charge in [-0.05, 0) is 43.5 Å². The molecule has 0 aliphatic rings. The molecule has 0 saturated heterocycles. The van der Waals surface area contributed by atoms with Crippen molar-refractivity contribution in [1.29, 1.82) is 0 Å². The summed E-state index contributed by atoms with van der Waals surface area (Å²) in [5.74, 6) is 1.53. The standard InChI is InChI=1S/C13H17ClO2/c1-9-7-11(12(15)5-4-6-14)8-10(2)13(9)16-3/h7-8H,4-6H2,1-3H3. The summed E-state index contributed by atoms with van der Waals surface area (Å²) in [6, 6.07) is 3.75. The van der Waals surface area contributed by atoms with Gasteiger partial charge in [0.25, 0.3) is 0 Å². The van der Waals surface area contributed by atoms with Crippen LogP contribution in [0.2, 0.25) is 0 Å².